The molecule has 3 nitrogen and oxygen atoms in total. The highest BCUT2D eigenvalue weighted by molar-refractivity contribution is 6.35. The molecule has 1 aromatic heterocycles. The van der Waals surface area contributed by atoms with E-state index in [1.54, 1.807) is 0 Å². The smallest absolute Gasteiger partial charge is 0.253 e. The van der Waals surface area contributed by atoms with E-state index in [9.17, 15) is 4.79 Å². The maximum atomic E-state index is 12.0. The molecule has 0 aliphatic carbocycles. The molecular weight excluding hydrogens is 271 g/mol. The lowest BCUT2D eigenvalue weighted by Crippen LogP contribution is -2.32. The fourth-order valence-corrected chi connectivity index (χ4v) is 2.01. The van der Waals surface area contributed by atoms with Crippen LogP contribution in [0.3, 0.4) is 0 Å². The minimum atomic E-state index is -0.201. The number of carbonyl (C=O) groups excluding carboxylic acids is 1. The van der Waals surface area contributed by atoms with Crippen LogP contribution in [0, 0.1) is 0 Å². The number of amides is 1. The fraction of sp³-hybridized carbons (Fsp3) is 0.538. The van der Waals surface area contributed by atoms with Gasteiger partial charge >= 0.3 is 0 Å². The van der Waals surface area contributed by atoms with Crippen molar-refractivity contribution in [2.24, 2.45) is 0 Å². The Morgan fingerprint density at radius 1 is 1.44 bits per heavy atom. The first-order chi connectivity index (χ1) is 8.54. The number of unbranched alkanes of at least 4 members (excludes halogenated alkanes) is 2. The number of hydrogen-bond acceptors (Lipinski definition) is 2. The number of carbonyl (C=O) groups is 1. The third kappa shape index (κ3) is 4.83. The molecule has 0 aromatic carbocycles. The van der Waals surface area contributed by atoms with Crippen molar-refractivity contribution in [2.45, 2.75) is 45.6 Å². The van der Waals surface area contributed by atoms with Crippen molar-refractivity contribution in [3.8, 4) is 0 Å². The molecule has 0 fully saturated rings. The van der Waals surface area contributed by atoms with E-state index in [0.717, 1.165) is 12.8 Å². The topological polar surface area (TPSA) is 42.0 Å². The van der Waals surface area contributed by atoms with Crippen LogP contribution in [-0.4, -0.2) is 16.9 Å². The van der Waals surface area contributed by atoms with Crippen LogP contribution in [0.1, 0.15) is 49.9 Å². The standard InChI is InChI=1S/C13H18Cl2N2O/c1-3-4-5-6-9(2)17-13(18)10-7-12(15)16-8-11(10)14/h7-9H,3-6H2,1-2H3,(H,17,18). The summed E-state index contributed by atoms with van der Waals surface area (Å²) in [6.45, 7) is 4.15. The van der Waals surface area contributed by atoms with Crippen molar-refractivity contribution >= 4 is 29.1 Å². The third-order valence-corrected chi connectivity index (χ3v) is 3.19. The van der Waals surface area contributed by atoms with E-state index in [4.69, 9.17) is 23.2 Å². The Morgan fingerprint density at radius 2 is 2.17 bits per heavy atom. The monoisotopic (exact) mass is 288 g/mol. The Labute approximate surface area is 118 Å². The molecule has 0 radical (unpaired) electrons. The molecule has 1 amide bonds. The number of pyridine rings is 1. The largest absolute Gasteiger partial charge is 0.350 e. The van der Waals surface area contributed by atoms with E-state index in [1.807, 2.05) is 6.92 Å². The summed E-state index contributed by atoms with van der Waals surface area (Å²) in [6, 6.07) is 1.62. The fourth-order valence-electron chi connectivity index (χ4n) is 1.66. The molecule has 100 valence electrons. The predicted octanol–water partition coefficient (Wildman–Crippen LogP) is 4.09. The molecule has 0 spiro atoms. The van der Waals surface area contributed by atoms with Gasteiger partial charge < -0.3 is 5.32 Å². The number of hydrogen-bond donors (Lipinski definition) is 1. The first-order valence-electron chi connectivity index (χ1n) is 6.16. The summed E-state index contributed by atoms with van der Waals surface area (Å²) in [5.41, 5.74) is 0.374. The third-order valence-electron chi connectivity index (χ3n) is 2.68. The molecule has 0 bridgehead atoms. The molecule has 0 aliphatic rings. The minimum absolute atomic E-state index is 0.132. The van der Waals surface area contributed by atoms with Crippen molar-refractivity contribution in [1.82, 2.24) is 10.3 Å². The molecule has 0 aliphatic heterocycles. The van der Waals surface area contributed by atoms with Gasteiger partial charge in [-0.15, -0.1) is 0 Å². The SMILES string of the molecule is CCCCCC(C)NC(=O)c1cc(Cl)ncc1Cl. The zero-order valence-electron chi connectivity index (χ0n) is 10.7. The lowest BCUT2D eigenvalue weighted by molar-refractivity contribution is 0.0938. The molecule has 1 aromatic rings. The van der Waals surface area contributed by atoms with Gasteiger partial charge in [-0.05, 0) is 19.4 Å². The van der Waals surface area contributed by atoms with Crippen LogP contribution in [0.4, 0.5) is 0 Å². The van der Waals surface area contributed by atoms with Gasteiger partial charge in [0.2, 0.25) is 0 Å². The second-order valence-electron chi connectivity index (χ2n) is 4.36. The van der Waals surface area contributed by atoms with Crippen molar-refractivity contribution in [3.63, 3.8) is 0 Å². The van der Waals surface area contributed by atoms with Gasteiger partial charge in [0, 0.05) is 12.2 Å². The summed E-state index contributed by atoms with van der Waals surface area (Å²) < 4.78 is 0. The van der Waals surface area contributed by atoms with E-state index in [1.165, 1.54) is 25.1 Å². The first kappa shape index (κ1) is 15.3. The van der Waals surface area contributed by atoms with Gasteiger partial charge in [0.05, 0.1) is 10.6 Å². The second kappa shape index (κ2) is 7.59. The molecule has 0 saturated carbocycles. The quantitative estimate of drug-likeness (QED) is 0.633. The predicted molar refractivity (Wildman–Crippen MR) is 75.3 cm³/mol. The maximum Gasteiger partial charge on any atom is 0.253 e. The van der Waals surface area contributed by atoms with Crippen LogP contribution < -0.4 is 5.32 Å². The van der Waals surface area contributed by atoms with Crippen LogP contribution in [-0.2, 0) is 0 Å². The van der Waals surface area contributed by atoms with Gasteiger partial charge in [-0.1, -0.05) is 49.4 Å². The van der Waals surface area contributed by atoms with E-state index >= 15 is 0 Å². The first-order valence-corrected chi connectivity index (χ1v) is 6.92. The lowest BCUT2D eigenvalue weighted by Gasteiger charge is -2.14. The Bertz CT molecular complexity index is 410. The average Bonchev–Trinajstić information content (AvgIpc) is 2.32. The van der Waals surface area contributed by atoms with Crippen molar-refractivity contribution in [3.05, 3.63) is 28.0 Å². The number of nitrogens with zero attached hydrogens (tertiary/aromatic N) is 1. The Kier molecular flexibility index (Phi) is 6.44. The van der Waals surface area contributed by atoms with Gasteiger partial charge in [0.25, 0.3) is 5.91 Å². The molecule has 1 unspecified atom stereocenters. The summed E-state index contributed by atoms with van der Waals surface area (Å²) in [4.78, 5) is 15.8. The molecule has 1 heterocycles. The molecule has 1 atom stereocenters. The molecule has 5 heteroatoms. The summed E-state index contributed by atoms with van der Waals surface area (Å²) in [7, 11) is 0. The molecule has 18 heavy (non-hydrogen) atoms. The van der Waals surface area contributed by atoms with Gasteiger partial charge in [-0.2, -0.15) is 0 Å². The van der Waals surface area contributed by atoms with E-state index in [0.29, 0.717) is 10.6 Å². The normalized spacial score (nSPS) is 12.2. The molecule has 1 N–H and O–H groups in total. The zero-order valence-corrected chi connectivity index (χ0v) is 12.2. The van der Waals surface area contributed by atoms with Crippen molar-refractivity contribution in [1.29, 1.82) is 0 Å². The summed E-state index contributed by atoms with van der Waals surface area (Å²) in [5.74, 6) is -0.201. The lowest BCUT2D eigenvalue weighted by atomic mass is 10.1. The summed E-state index contributed by atoms with van der Waals surface area (Å²) in [6.07, 6.45) is 5.83. The van der Waals surface area contributed by atoms with Gasteiger partial charge in [0.15, 0.2) is 0 Å². The maximum absolute atomic E-state index is 12.0. The van der Waals surface area contributed by atoms with Gasteiger partial charge in [-0.3, -0.25) is 4.79 Å². The molecular formula is C13H18Cl2N2O. The summed E-state index contributed by atoms with van der Waals surface area (Å²) >= 11 is 11.7. The highest BCUT2D eigenvalue weighted by atomic mass is 35.5. The van der Waals surface area contributed by atoms with Gasteiger partial charge in [-0.25, -0.2) is 4.98 Å². The zero-order chi connectivity index (χ0) is 13.5. The number of rotatable bonds is 6. The summed E-state index contributed by atoms with van der Waals surface area (Å²) in [5, 5.41) is 3.50. The highest BCUT2D eigenvalue weighted by Crippen LogP contribution is 2.18. The van der Waals surface area contributed by atoms with E-state index < -0.39 is 0 Å². The van der Waals surface area contributed by atoms with Crippen LogP contribution in [0.15, 0.2) is 12.3 Å². The number of aromatic nitrogens is 1. The van der Waals surface area contributed by atoms with Crippen molar-refractivity contribution < 1.29 is 4.79 Å². The second-order valence-corrected chi connectivity index (χ2v) is 5.15. The van der Waals surface area contributed by atoms with Crippen LogP contribution in [0.25, 0.3) is 0 Å². The van der Waals surface area contributed by atoms with Crippen LogP contribution >= 0.6 is 23.2 Å². The average molecular weight is 289 g/mol. The van der Waals surface area contributed by atoms with Crippen LogP contribution in [0.2, 0.25) is 10.2 Å². The Balaban J connectivity index is 2.56. The highest BCUT2D eigenvalue weighted by Gasteiger charge is 2.13. The van der Waals surface area contributed by atoms with E-state index in [-0.39, 0.29) is 17.1 Å². The Hall–Kier alpha value is -0.800. The molecule has 1 rings (SSSR count). The van der Waals surface area contributed by atoms with Crippen LogP contribution in [0.5, 0.6) is 0 Å². The van der Waals surface area contributed by atoms with Gasteiger partial charge in [0.1, 0.15) is 5.15 Å². The van der Waals surface area contributed by atoms with E-state index in [2.05, 4.69) is 17.2 Å². The Morgan fingerprint density at radius 3 is 2.83 bits per heavy atom. The van der Waals surface area contributed by atoms with Crippen molar-refractivity contribution in [2.75, 3.05) is 0 Å². The number of halogens is 2. The minimum Gasteiger partial charge on any atom is -0.350 e. The molecule has 0 saturated heterocycles. The number of nitrogens with one attached hydrogen (secondary N) is 1.